The van der Waals surface area contributed by atoms with Gasteiger partial charge in [-0.2, -0.15) is 0 Å². The van der Waals surface area contributed by atoms with E-state index in [2.05, 4.69) is 4.90 Å². The molecular weight excluding hydrogens is 170 g/mol. The Balaban J connectivity index is 1.88. The number of rotatable bonds is 6. The monoisotopic (exact) mass is 189 g/mol. The molecule has 0 spiro atoms. The van der Waals surface area contributed by atoms with Crippen molar-refractivity contribution in [3.63, 3.8) is 0 Å². The summed E-state index contributed by atoms with van der Waals surface area (Å²) in [4.78, 5) is 2.22. The van der Waals surface area contributed by atoms with Crippen molar-refractivity contribution in [2.45, 2.75) is 12.5 Å². The van der Waals surface area contributed by atoms with E-state index in [-0.39, 0.29) is 6.10 Å². The molecule has 0 aromatic rings. The number of methoxy groups -OCH3 is 1. The second-order valence-electron chi connectivity index (χ2n) is 3.35. The van der Waals surface area contributed by atoms with Gasteiger partial charge in [0.15, 0.2) is 0 Å². The average molecular weight is 189 g/mol. The lowest BCUT2D eigenvalue weighted by Crippen LogP contribution is -2.26. The van der Waals surface area contributed by atoms with E-state index in [0.717, 1.165) is 32.7 Å². The zero-order valence-electron chi connectivity index (χ0n) is 8.24. The van der Waals surface area contributed by atoms with Crippen LogP contribution in [0.1, 0.15) is 6.42 Å². The van der Waals surface area contributed by atoms with Crippen molar-refractivity contribution in [2.75, 3.05) is 46.6 Å². The van der Waals surface area contributed by atoms with Gasteiger partial charge in [0.2, 0.25) is 0 Å². The van der Waals surface area contributed by atoms with Crippen LogP contribution in [0.15, 0.2) is 0 Å². The van der Waals surface area contributed by atoms with Gasteiger partial charge in [-0.25, -0.2) is 0 Å². The summed E-state index contributed by atoms with van der Waals surface area (Å²) in [5.41, 5.74) is 0. The summed E-state index contributed by atoms with van der Waals surface area (Å²) in [5, 5.41) is 9.24. The first-order valence-electron chi connectivity index (χ1n) is 4.80. The lowest BCUT2D eigenvalue weighted by atomic mass is 10.3. The van der Waals surface area contributed by atoms with Crippen molar-refractivity contribution in [3.8, 4) is 0 Å². The van der Waals surface area contributed by atoms with Crippen LogP contribution in [0.2, 0.25) is 0 Å². The highest BCUT2D eigenvalue weighted by atomic mass is 16.5. The van der Waals surface area contributed by atoms with Gasteiger partial charge in [0.05, 0.1) is 25.9 Å². The number of β-amino-alcohol motifs (C(OH)–C–C–N with tert-alkyl or cyclic N) is 1. The number of hydrogen-bond donors (Lipinski definition) is 1. The normalized spacial score (nSPS) is 24.0. The van der Waals surface area contributed by atoms with E-state index in [9.17, 15) is 5.11 Å². The molecule has 0 bridgehead atoms. The maximum atomic E-state index is 9.24. The summed E-state index contributed by atoms with van der Waals surface area (Å²) in [5.74, 6) is 0. The Hall–Kier alpha value is -0.160. The van der Waals surface area contributed by atoms with Crippen LogP contribution in [-0.2, 0) is 9.47 Å². The zero-order valence-corrected chi connectivity index (χ0v) is 8.24. The second kappa shape index (κ2) is 6.32. The number of ether oxygens (including phenoxy) is 2. The Labute approximate surface area is 79.4 Å². The molecule has 1 atom stereocenters. The maximum absolute atomic E-state index is 9.24. The molecule has 0 amide bonds. The van der Waals surface area contributed by atoms with Crippen LogP contribution >= 0.6 is 0 Å². The average Bonchev–Trinajstić information content (AvgIpc) is 2.51. The molecule has 1 fully saturated rings. The van der Waals surface area contributed by atoms with Gasteiger partial charge in [-0.15, -0.1) is 0 Å². The Morgan fingerprint density at radius 2 is 2.23 bits per heavy atom. The molecule has 1 unspecified atom stereocenters. The van der Waals surface area contributed by atoms with Crippen LogP contribution in [0.5, 0.6) is 0 Å². The van der Waals surface area contributed by atoms with E-state index in [1.807, 2.05) is 0 Å². The van der Waals surface area contributed by atoms with Gasteiger partial charge >= 0.3 is 0 Å². The molecule has 1 saturated heterocycles. The fourth-order valence-corrected chi connectivity index (χ4v) is 1.45. The summed E-state index contributed by atoms with van der Waals surface area (Å²) >= 11 is 0. The molecule has 1 rings (SSSR count). The minimum absolute atomic E-state index is 0.126. The van der Waals surface area contributed by atoms with E-state index >= 15 is 0 Å². The van der Waals surface area contributed by atoms with Crippen LogP contribution in [0, 0.1) is 0 Å². The van der Waals surface area contributed by atoms with Gasteiger partial charge in [-0.3, -0.25) is 4.90 Å². The summed E-state index contributed by atoms with van der Waals surface area (Å²) in [6.07, 6.45) is 0.775. The molecule has 4 heteroatoms. The molecule has 0 radical (unpaired) electrons. The van der Waals surface area contributed by atoms with Crippen LogP contribution in [0.25, 0.3) is 0 Å². The van der Waals surface area contributed by atoms with Crippen molar-refractivity contribution in [2.24, 2.45) is 0 Å². The Bertz CT molecular complexity index is 132. The summed E-state index contributed by atoms with van der Waals surface area (Å²) in [6, 6.07) is 0. The van der Waals surface area contributed by atoms with Gasteiger partial charge in [0.25, 0.3) is 0 Å². The third-order valence-corrected chi connectivity index (χ3v) is 2.23. The Morgan fingerprint density at radius 1 is 1.38 bits per heavy atom. The molecule has 1 aliphatic rings. The first-order chi connectivity index (χ1) is 6.33. The molecule has 1 heterocycles. The SMILES string of the molecule is COCCOCCN1CCC(O)C1. The van der Waals surface area contributed by atoms with Crippen LogP contribution in [0.3, 0.4) is 0 Å². The second-order valence-corrected chi connectivity index (χ2v) is 3.35. The fraction of sp³-hybridized carbons (Fsp3) is 1.00. The molecule has 4 nitrogen and oxygen atoms in total. The summed E-state index contributed by atoms with van der Waals surface area (Å²) in [7, 11) is 1.67. The highest BCUT2D eigenvalue weighted by molar-refractivity contribution is 4.73. The number of hydrogen-bond acceptors (Lipinski definition) is 4. The van der Waals surface area contributed by atoms with Crippen molar-refractivity contribution < 1.29 is 14.6 Å². The lowest BCUT2D eigenvalue weighted by molar-refractivity contribution is 0.0584. The van der Waals surface area contributed by atoms with Crippen molar-refractivity contribution in [1.82, 2.24) is 4.90 Å². The van der Waals surface area contributed by atoms with Crippen LogP contribution in [0.4, 0.5) is 0 Å². The molecule has 0 aromatic heterocycles. The maximum Gasteiger partial charge on any atom is 0.0700 e. The van der Waals surface area contributed by atoms with Gasteiger partial charge in [-0.1, -0.05) is 0 Å². The van der Waals surface area contributed by atoms with Gasteiger partial charge in [-0.05, 0) is 6.42 Å². The van der Waals surface area contributed by atoms with Gasteiger partial charge < -0.3 is 14.6 Å². The third-order valence-electron chi connectivity index (χ3n) is 2.23. The van der Waals surface area contributed by atoms with Gasteiger partial charge in [0.1, 0.15) is 0 Å². The molecule has 13 heavy (non-hydrogen) atoms. The number of aliphatic hydroxyl groups is 1. The number of likely N-dealkylation sites (tertiary alicyclic amines) is 1. The largest absolute Gasteiger partial charge is 0.392 e. The lowest BCUT2D eigenvalue weighted by Gasteiger charge is -2.14. The smallest absolute Gasteiger partial charge is 0.0700 e. The predicted octanol–water partition coefficient (Wildman–Crippen LogP) is -0.284. The van der Waals surface area contributed by atoms with E-state index in [1.165, 1.54) is 0 Å². The van der Waals surface area contributed by atoms with E-state index < -0.39 is 0 Å². The Morgan fingerprint density at radius 3 is 2.85 bits per heavy atom. The molecule has 0 aromatic carbocycles. The van der Waals surface area contributed by atoms with Crippen molar-refractivity contribution in [1.29, 1.82) is 0 Å². The third kappa shape index (κ3) is 4.57. The predicted molar refractivity (Wildman–Crippen MR) is 49.8 cm³/mol. The quantitative estimate of drug-likeness (QED) is 0.583. The van der Waals surface area contributed by atoms with Crippen molar-refractivity contribution >= 4 is 0 Å². The first-order valence-corrected chi connectivity index (χ1v) is 4.80. The van der Waals surface area contributed by atoms with E-state index in [1.54, 1.807) is 7.11 Å². The van der Waals surface area contributed by atoms with Crippen molar-refractivity contribution in [3.05, 3.63) is 0 Å². The summed E-state index contributed by atoms with van der Waals surface area (Å²) < 4.78 is 10.2. The number of nitrogens with zero attached hydrogens (tertiary/aromatic N) is 1. The molecule has 0 saturated carbocycles. The first kappa shape index (κ1) is 10.9. The minimum Gasteiger partial charge on any atom is -0.392 e. The summed E-state index contributed by atoms with van der Waals surface area (Å²) in [6.45, 7) is 4.76. The molecular formula is C9H19NO3. The standard InChI is InChI=1S/C9H19NO3/c1-12-6-7-13-5-4-10-3-2-9(11)8-10/h9,11H,2-8H2,1H3. The number of aliphatic hydroxyl groups excluding tert-OH is 1. The van der Waals surface area contributed by atoms with Gasteiger partial charge in [0, 0.05) is 26.7 Å². The van der Waals surface area contributed by atoms with E-state index in [4.69, 9.17) is 9.47 Å². The Kier molecular flexibility index (Phi) is 5.31. The highest BCUT2D eigenvalue weighted by Gasteiger charge is 2.18. The topological polar surface area (TPSA) is 41.9 Å². The molecule has 0 aliphatic carbocycles. The van der Waals surface area contributed by atoms with Crippen LogP contribution < -0.4 is 0 Å². The fourth-order valence-electron chi connectivity index (χ4n) is 1.45. The van der Waals surface area contributed by atoms with E-state index in [0.29, 0.717) is 13.2 Å². The van der Waals surface area contributed by atoms with Crippen LogP contribution in [-0.4, -0.2) is 62.7 Å². The minimum atomic E-state index is -0.126. The molecule has 1 N–H and O–H groups in total. The molecule has 1 aliphatic heterocycles. The molecule has 78 valence electrons. The highest BCUT2D eigenvalue weighted by Crippen LogP contribution is 2.07. The zero-order chi connectivity index (χ0) is 9.52.